The molecule has 1 aliphatic carbocycles. The van der Waals surface area contributed by atoms with Crippen LogP contribution in [0.1, 0.15) is 32.3 Å². The first-order chi connectivity index (χ1) is 15.0. The maximum absolute atomic E-state index is 12.6. The third-order valence-electron chi connectivity index (χ3n) is 5.49. The molecule has 1 amide bonds. The number of carbonyl (C=O) groups is 2. The summed E-state index contributed by atoms with van der Waals surface area (Å²) in [5, 5.41) is 12.5. The predicted octanol–water partition coefficient (Wildman–Crippen LogP) is 5.06. The Labute approximate surface area is 181 Å². The number of aromatic carboxylic acids is 1. The van der Waals surface area contributed by atoms with Crippen molar-refractivity contribution in [3.8, 4) is 11.1 Å². The molecule has 0 spiro atoms. The zero-order valence-electron chi connectivity index (χ0n) is 16.5. The van der Waals surface area contributed by atoms with Crippen molar-refractivity contribution in [1.29, 1.82) is 0 Å². The fourth-order valence-corrected chi connectivity index (χ4v) is 5.09. The lowest BCUT2D eigenvalue weighted by atomic mass is 9.98. The summed E-state index contributed by atoms with van der Waals surface area (Å²) in [6.07, 6.45) is 0.646. The molecule has 31 heavy (non-hydrogen) atoms. The molecule has 2 N–H and O–H groups in total. The van der Waals surface area contributed by atoms with Crippen molar-refractivity contribution >= 4 is 39.4 Å². The second-order valence-corrected chi connectivity index (χ2v) is 8.21. The van der Waals surface area contributed by atoms with Gasteiger partial charge in [-0.3, -0.25) is 5.32 Å². The summed E-state index contributed by atoms with van der Waals surface area (Å²) in [6, 6.07) is 16.2. The zero-order chi connectivity index (χ0) is 21.5. The lowest BCUT2D eigenvalue weighted by molar-refractivity contribution is 0.0701. The van der Waals surface area contributed by atoms with Crippen LogP contribution in [0.5, 0.6) is 0 Å². The molecule has 7 nitrogen and oxygen atoms in total. The molecular formula is C23H17N3O4S. The molecule has 2 aromatic heterocycles. The van der Waals surface area contributed by atoms with E-state index in [9.17, 15) is 14.7 Å². The summed E-state index contributed by atoms with van der Waals surface area (Å²) in [6.45, 7) is 1.85. The molecule has 0 unspecified atom stereocenters. The molecule has 0 fully saturated rings. The second kappa shape index (κ2) is 7.48. The monoisotopic (exact) mass is 431 g/mol. The number of carboxylic acids is 1. The highest BCUT2D eigenvalue weighted by Crippen LogP contribution is 2.44. The van der Waals surface area contributed by atoms with Crippen molar-refractivity contribution < 1.29 is 19.4 Å². The Morgan fingerprint density at radius 2 is 1.71 bits per heavy atom. The molecular weight excluding hydrogens is 414 g/mol. The average molecular weight is 431 g/mol. The SMILES string of the molecule is Cc1c(C(=O)O)sc2ncnc(NC(=O)OCC3c4ccccc4-c4ccccc43)c12. The molecule has 0 saturated heterocycles. The number of benzene rings is 2. The van der Waals surface area contributed by atoms with Crippen LogP contribution in [-0.2, 0) is 4.74 Å². The standard InChI is InChI=1S/C23H17N3O4S/c1-12-18-20(24-11-25-21(18)31-19(12)22(27)28)26-23(29)30-10-17-15-8-4-2-6-13(15)14-7-3-5-9-16(14)17/h2-9,11,17H,10H2,1H3,(H,27,28)(H,24,25,26,29). The summed E-state index contributed by atoms with van der Waals surface area (Å²) < 4.78 is 5.56. The quantitative estimate of drug-likeness (QED) is 0.468. The number of hydrogen-bond donors (Lipinski definition) is 2. The van der Waals surface area contributed by atoms with Crippen molar-refractivity contribution in [3.63, 3.8) is 0 Å². The van der Waals surface area contributed by atoms with E-state index in [-0.39, 0.29) is 23.2 Å². The third kappa shape index (κ3) is 3.21. The Hall–Kier alpha value is -3.78. The van der Waals surface area contributed by atoms with Gasteiger partial charge in [-0.2, -0.15) is 0 Å². The molecule has 154 valence electrons. The topological polar surface area (TPSA) is 101 Å². The van der Waals surface area contributed by atoms with E-state index >= 15 is 0 Å². The first-order valence-corrected chi connectivity index (χ1v) is 10.5. The van der Waals surface area contributed by atoms with Gasteiger partial charge in [0.2, 0.25) is 0 Å². The van der Waals surface area contributed by atoms with E-state index in [1.54, 1.807) is 6.92 Å². The maximum atomic E-state index is 12.6. The van der Waals surface area contributed by atoms with Gasteiger partial charge in [0, 0.05) is 5.92 Å². The van der Waals surface area contributed by atoms with Crippen LogP contribution in [0, 0.1) is 6.92 Å². The van der Waals surface area contributed by atoms with Gasteiger partial charge in [0.1, 0.15) is 28.5 Å². The van der Waals surface area contributed by atoms with E-state index < -0.39 is 12.1 Å². The Morgan fingerprint density at radius 3 is 2.35 bits per heavy atom. The number of anilines is 1. The zero-order valence-corrected chi connectivity index (χ0v) is 17.3. The smallest absolute Gasteiger partial charge is 0.412 e. The van der Waals surface area contributed by atoms with Crippen molar-refractivity contribution in [3.05, 3.63) is 76.4 Å². The summed E-state index contributed by atoms with van der Waals surface area (Å²) in [5.74, 6) is -0.846. The van der Waals surface area contributed by atoms with E-state index in [2.05, 4.69) is 39.6 Å². The van der Waals surface area contributed by atoms with Crippen LogP contribution in [-0.4, -0.2) is 33.7 Å². The van der Waals surface area contributed by atoms with Crippen LogP contribution in [0.15, 0.2) is 54.9 Å². The molecule has 0 saturated carbocycles. The summed E-state index contributed by atoms with van der Waals surface area (Å²) >= 11 is 1.05. The normalized spacial score (nSPS) is 12.4. The minimum atomic E-state index is -1.03. The van der Waals surface area contributed by atoms with Gasteiger partial charge in [-0.15, -0.1) is 11.3 Å². The highest BCUT2D eigenvalue weighted by atomic mass is 32.1. The fourth-order valence-electron chi connectivity index (χ4n) is 4.10. The molecule has 0 atom stereocenters. The molecule has 5 rings (SSSR count). The van der Waals surface area contributed by atoms with E-state index in [4.69, 9.17) is 4.74 Å². The molecule has 4 aromatic rings. The minimum absolute atomic E-state index is 0.0509. The van der Waals surface area contributed by atoms with E-state index in [0.717, 1.165) is 33.6 Å². The molecule has 2 aromatic carbocycles. The van der Waals surface area contributed by atoms with Crippen molar-refractivity contribution in [1.82, 2.24) is 9.97 Å². The number of carboxylic acid groups (broad SMARTS) is 1. The number of nitrogens with one attached hydrogen (secondary N) is 1. The number of thiophene rings is 1. The van der Waals surface area contributed by atoms with Gasteiger partial charge in [0.05, 0.1) is 5.39 Å². The highest BCUT2D eigenvalue weighted by Gasteiger charge is 2.29. The summed E-state index contributed by atoms with van der Waals surface area (Å²) in [4.78, 5) is 32.9. The van der Waals surface area contributed by atoms with Crippen LogP contribution in [0.2, 0.25) is 0 Å². The largest absolute Gasteiger partial charge is 0.477 e. The van der Waals surface area contributed by atoms with Crippen molar-refractivity contribution in [2.45, 2.75) is 12.8 Å². The van der Waals surface area contributed by atoms with Crippen molar-refractivity contribution in [2.75, 3.05) is 11.9 Å². The number of fused-ring (bicyclic) bond motifs is 4. The molecule has 8 heteroatoms. The van der Waals surface area contributed by atoms with Crippen LogP contribution >= 0.6 is 11.3 Å². The number of hydrogen-bond acceptors (Lipinski definition) is 6. The molecule has 1 aliphatic rings. The lowest BCUT2D eigenvalue weighted by Crippen LogP contribution is -2.18. The van der Waals surface area contributed by atoms with Crippen LogP contribution in [0.4, 0.5) is 10.6 Å². The Kier molecular flexibility index (Phi) is 4.63. The highest BCUT2D eigenvalue weighted by molar-refractivity contribution is 7.20. The number of rotatable bonds is 4. The minimum Gasteiger partial charge on any atom is -0.477 e. The third-order valence-corrected chi connectivity index (χ3v) is 6.67. The molecule has 0 aliphatic heterocycles. The first-order valence-electron chi connectivity index (χ1n) is 9.64. The number of ether oxygens (including phenoxy) is 1. The number of carbonyl (C=O) groups excluding carboxylic acids is 1. The number of aryl methyl sites for hydroxylation is 1. The molecule has 2 heterocycles. The van der Waals surface area contributed by atoms with Gasteiger partial charge in [-0.05, 0) is 34.7 Å². The van der Waals surface area contributed by atoms with Crippen LogP contribution in [0.3, 0.4) is 0 Å². The average Bonchev–Trinajstić information content (AvgIpc) is 3.28. The van der Waals surface area contributed by atoms with Gasteiger partial charge in [0.25, 0.3) is 0 Å². The van der Waals surface area contributed by atoms with Gasteiger partial charge >= 0.3 is 12.1 Å². The summed E-state index contributed by atoms with van der Waals surface area (Å²) in [5.41, 5.74) is 5.07. The summed E-state index contributed by atoms with van der Waals surface area (Å²) in [7, 11) is 0. The number of nitrogens with zero attached hydrogens (tertiary/aromatic N) is 2. The first kappa shape index (κ1) is 19.2. The maximum Gasteiger partial charge on any atom is 0.412 e. The van der Waals surface area contributed by atoms with E-state index in [1.807, 2.05) is 24.3 Å². The van der Waals surface area contributed by atoms with Crippen molar-refractivity contribution in [2.24, 2.45) is 0 Å². The van der Waals surface area contributed by atoms with Gasteiger partial charge in [0.15, 0.2) is 0 Å². The lowest BCUT2D eigenvalue weighted by Gasteiger charge is -2.14. The Morgan fingerprint density at radius 1 is 1.06 bits per heavy atom. The van der Waals surface area contributed by atoms with Crippen LogP contribution in [0.25, 0.3) is 21.3 Å². The fraction of sp³-hybridized carbons (Fsp3) is 0.130. The number of aromatic nitrogens is 2. The predicted molar refractivity (Wildman–Crippen MR) is 118 cm³/mol. The molecule has 0 radical (unpaired) electrons. The van der Waals surface area contributed by atoms with E-state index in [0.29, 0.717) is 15.8 Å². The second-order valence-electron chi connectivity index (χ2n) is 7.21. The van der Waals surface area contributed by atoms with Gasteiger partial charge in [-0.1, -0.05) is 48.5 Å². The van der Waals surface area contributed by atoms with E-state index in [1.165, 1.54) is 6.33 Å². The Balaban J connectivity index is 1.37. The Bertz CT molecular complexity index is 1300. The molecule has 0 bridgehead atoms. The van der Waals surface area contributed by atoms with Gasteiger partial charge in [-0.25, -0.2) is 19.6 Å². The van der Waals surface area contributed by atoms with Gasteiger partial charge < -0.3 is 9.84 Å². The van der Waals surface area contributed by atoms with Crippen LogP contribution < -0.4 is 5.32 Å². The number of amides is 1.